The Morgan fingerprint density at radius 2 is 1.92 bits per heavy atom. The Labute approximate surface area is 147 Å². The van der Waals surface area contributed by atoms with Crippen LogP contribution in [0.4, 0.5) is 0 Å². The molecule has 1 amide bonds. The molecule has 2 heterocycles. The summed E-state index contributed by atoms with van der Waals surface area (Å²) in [6, 6.07) is 16.4. The Balaban J connectivity index is 1.34. The lowest BCUT2D eigenvalue weighted by Gasteiger charge is -2.32. The average Bonchev–Trinajstić information content (AvgIpc) is 3.13. The van der Waals surface area contributed by atoms with E-state index >= 15 is 0 Å². The standard InChI is InChI=1S/C20H22N4O/c25-20(17-7-4-8-18-19(17)22-14-21-18)23-16-9-11-24(12-10-16)13-15-5-2-1-3-6-15/h1-8,14,16H,9-13H2,(H,21,22)(H,23,25). The predicted octanol–water partition coefficient (Wildman–Crippen LogP) is 2.96. The number of hydrogen-bond donors (Lipinski definition) is 2. The first kappa shape index (κ1) is 15.8. The number of nitrogens with zero attached hydrogens (tertiary/aromatic N) is 2. The fourth-order valence-electron chi connectivity index (χ4n) is 3.49. The molecule has 128 valence electrons. The average molecular weight is 334 g/mol. The number of H-pyrrole nitrogens is 1. The van der Waals surface area contributed by atoms with Crippen molar-refractivity contribution in [3.8, 4) is 0 Å². The molecule has 0 radical (unpaired) electrons. The smallest absolute Gasteiger partial charge is 0.253 e. The summed E-state index contributed by atoms with van der Waals surface area (Å²) in [6.07, 6.45) is 3.59. The zero-order chi connectivity index (χ0) is 17.1. The number of hydrogen-bond acceptors (Lipinski definition) is 3. The number of likely N-dealkylation sites (tertiary alicyclic amines) is 1. The number of benzene rings is 2. The van der Waals surface area contributed by atoms with Gasteiger partial charge in [-0.15, -0.1) is 0 Å². The van der Waals surface area contributed by atoms with Gasteiger partial charge in [0.2, 0.25) is 0 Å². The lowest BCUT2D eigenvalue weighted by atomic mass is 10.0. The molecule has 5 nitrogen and oxygen atoms in total. The first-order valence-corrected chi connectivity index (χ1v) is 8.79. The van der Waals surface area contributed by atoms with Crippen molar-refractivity contribution in [1.29, 1.82) is 0 Å². The lowest BCUT2D eigenvalue weighted by Crippen LogP contribution is -2.44. The van der Waals surface area contributed by atoms with Crippen molar-refractivity contribution in [3.63, 3.8) is 0 Å². The number of aromatic amines is 1. The number of imidazole rings is 1. The third-order valence-electron chi connectivity index (χ3n) is 4.87. The number of amides is 1. The van der Waals surface area contributed by atoms with Crippen LogP contribution in [-0.4, -0.2) is 39.9 Å². The highest BCUT2D eigenvalue weighted by Crippen LogP contribution is 2.17. The molecule has 0 saturated carbocycles. The van der Waals surface area contributed by atoms with Gasteiger partial charge in [-0.3, -0.25) is 9.69 Å². The Morgan fingerprint density at radius 3 is 2.72 bits per heavy atom. The minimum Gasteiger partial charge on any atom is -0.349 e. The molecule has 2 aromatic carbocycles. The van der Waals surface area contributed by atoms with Crippen molar-refractivity contribution >= 4 is 16.9 Å². The molecule has 5 heteroatoms. The molecule has 4 rings (SSSR count). The van der Waals surface area contributed by atoms with E-state index in [9.17, 15) is 4.79 Å². The van der Waals surface area contributed by atoms with Crippen molar-refractivity contribution in [2.75, 3.05) is 13.1 Å². The van der Waals surface area contributed by atoms with Gasteiger partial charge in [-0.05, 0) is 30.5 Å². The van der Waals surface area contributed by atoms with Crippen LogP contribution in [0.1, 0.15) is 28.8 Å². The summed E-state index contributed by atoms with van der Waals surface area (Å²) in [5.41, 5.74) is 3.62. The highest BCUT2D eigenvalue weighted by atomic mass is 16.1. The maximum absolute atomic E-state index is 12.6. The number of carbonyl (C=O) groups is 1. The molecule has 1 fully saturated rings. The van der Waals surface area contributed by atoms with Crippen LogP contribution in [-0.2, 0) is 6.54 Å². The Bertz CT molecular complexity index is 850. The fraction of sp³-hybridized carbons (Fsp3) is 0.300. The first-order valence-electron chi connectivity index (χ1n) is 8.79. The molecule has 1 aliphatic heterocycles. The molecule has 0 atom stereocenters. The summed E-state index contributed by atoms with van der Waals surface area (Å²) in [5.74, 6) is -0.0285. The van der Waals surface area contributed by atoms with E-state index in [2.05, 4.69) is 44.5 Å². The van der Waals surface area contributed by atoms with Gasteiger partial charge in [0.25, 0.3) is 5.91 Å². The quantitative estimate of drug-likeness (QED) is 0.771. The molecule has 25 heavy (non-hydrogen) atoms. The molecular formula is C20H22N4O. The van der Waals surface area contributed by atoms with Gasteiger partial charge in [0.1, 0.15) is 5.52 Å². The molecule has 1 aliphatic rings. The van der Waals surface area contributed by atoms with E-state index in [-0.39, 0.29) is 11.9 Å². The zero-order valence-electron chi connectivity index (χ0n) is 14.1. The molecule has 2 N–H and O–H groups in total. The molecule has 3 aromatic rings. The minimum absolute atomic E-state index is 0.0285. The van der Waals surface area contributed by atoms with Gasteiger partial charge >= 0.3 is 0 Å². The highest BCUT2D eigenvalue weighted by molar-refractivity contribution is 6.04. The molecule has 0 aliphatic carbocycles. The molecule has 0 bridgehead atoms. The monoisotopic (exact) mass is 334 g/mol. The largest absolute Gasteiger partial charge is 0.349 e. The second-order valence-corrected chi connectivity index (χ2v) is 6.61. The van der Waals surface area contributed by atoms with E-state index in [1.165, 1.54) is 5.56 Å². The maximum atomic E-state index is 12.6. The van der Waals surface area contributed by atoms with Crippen LogP contribution in [0, 0.1) is 0 Å². The number of piperidine rings is 1. The summed E-state index contributed by atoms with van der Waals surface area (Å²) in [7, 11) is 0. The van der Waals surface area contributed by atoms with E-state index in [1.54, 1.807) is 6.33 Å². The van der Waals surface area contributed by atoms with Crippen molar-refractivity contribution in [1.82, 2.24) is 20.2 Å². The second kappa shape index (κ2) is 7.07. The number of rotatable bonds is 4. The molecule has 0 unspecified atom stereocenters. The van der Waals surface area contributed by atoms with Crippen LogP contribution >= 0.6 is 0 Å². The van der Waals surface area contributed by atoms with Gasteiger partial charge in [0.15, 0.2) is 0 Å². The lowest BCUT2D eigenvalue weighted by molar-refractivity contribution is 0.0910. The summed E-state index contributed by atoms with van der Waals surface area (Å²) < 4.78 is 0. The predicted molar refractivity (Wildman–Crippen MR) is 98.3 cm³/mol. The Hall–Kier alpha value is -2.66. The van der Waals surface area contributed by atoms with E-state index in [4.69, 9.17) is 0 Å². The Morgan fingerprint density at radius 1 is 1.12 bits per heavy atom. The number of nitrogens with one attached hydrogen (secondary N) is 2. The van der Waals surface area contributed by atoms with Gasteiger partial charge in [-0.25, -0.2) is 4.98 Å². The van der Waals surface area contributed by atoms with Crippen LogP contribution in [0.2, 0.25) is 0 Å². The van der Waals surface area contributed by atoms with Crippen LogP contribution in [0.25, 0.3) is 11.0 Å². The minimum atomic E-state index is -0.0285. The normalized spacial score (nSPS) is 16.2. The third-order valence-corrected chi connectivity index (χ3v) is 4.87. The van der Waals surface area contributed by atoms with Gasteiger partial charge < -0.3 is 10.3 Å². The van der Waals surface area contributed by atoms with Gasteiger partial charge in [0.05, 0.1) is 17.4 Å². The van der Waals surface area contributed by atoms with Crippen LogP contribution in [0.3, 0.4) is 0 Å². The summed E-state index contributed by atoms with van der Waals surface area (Å²) in [5, 5.41) is 3.18. The van der Waals surface area contributed by atoms with Crippen molar-refractivity contribution in [2.45, 2.75) is 25.4 Å². The van der Waals surface area contributed by atoms with E-state index in [0.29, 0.717) is 5.56 Å². The maximum Gasteiger partial charge on any atom is 0.253 e. The number of para-hydroxylation sites is 1. The molecule has 1 aromatic heterocycles. The topological polar surface area (TPSA) is 61.0 Å². The van der Waals surface area contributed by atoms with Crippen LogP contribution in [0.5, 0.6) is 0 Å². The second-order valence-electron chi connectivity index (χ2n) is 6.61. The van der Waals surface area contributed by atoms with Crippen molar-refractivity contribution < 1.29 is 4.79 Å². The Kier molecular flexibility index (Phi) is 4.48. The van der Waals surface area contributed by atoms with Gasteiger partial charge in [-0.2, -0.15) is 0 Å². The van der Waals surface area contributed by atoms with E-state index < -0.39 is 0 Å². The van der Waals surface area contributed by atoms with E-state index in [1.807, 2.05) is 24.3 Å². The SMILES string of the molecule is O=C(NC1CCN(Cc2ccccc2)CC1)c1cccc2[nH]cnc12. The van der Waals surface area contributed by atoms with Crippen LogP contribution < -0.4 is 5.32 Å². The summed E-state index contributed by atoms with van der Waals surface area (Å²) in [4.78, 5) is 22.4. The van der Waals surface area contributed by atoms with Crippen molar-refractivity contribution in [2.24, 2.45) is 0 Å². The molecular weight excluding hydrogens is 312 g/mol. The third kappa shape index (κ3) is 3.56. The van der Waals surface area contributed by atoms with E-state index in [0.717, 1.165) is 43.5 Å². The number of carbonyl (C=O) groups excluding carboxylic acids is 1. The summed E-state index contributed by atoms with van der Waals surface area (Å²) >= 11 is 0. The molecule has 1 saturated heterocycles. The number of aromatic nitrogens is 2. The van der Waals surface area contributed by atoms with Crippen molar-refractivity contribution in [3.05, 3.63) is 66.0 Å². The van der Waals surface area contributed by atoms with Gasteiger partial charge in [-0.1, -0.05) is 36.4 Å². The zero-order valence-corrected chi connectivity index (χ0v) is 14.1. The highest BCUT2D eigenvalue weighted by Gasteiger charge is 2.22. The number of fused-ring (bicyclic) bond motifs is 1. The molecule has 0 spiro atoms. The fourth-order valence-corrected chi connectivity index (χ4v) is 3.49. The van der Waals surface area contributed by atoms with Crippen LogP contribution in [0.15, 0.2) is 54.9 Å². The van der Waals surface area contributed by atoms with Gasteiger partial charge in [0, 0.05) is 25.7 Å². The summed E-state index contributed by atoms with van der Waals surface area (Å²) in [6.45, 7) is 2.99. The first-order chi connectivity index (χ1) is 12.3.